The molecule has 0 aliphatic carbocycles. The number of benzene rings is 8. The van der Waals surface area contributed by atoms with Crippen LogP contribution in [0.4, 0.5) is 17.1 Å². The summed E-state index contributed by atoms with van der Waals surface area (Å²) >= 11 is 0. The lowest BCUT2D eigenvalue weighted by Crippen LogP contribution is -2.41. The monoisotopic (exact) mass is 830 g/mol. The average Bonchev–Trinajstić information content (AvgIpc) is 3.58. The van der Waals surface area contributed by atoms with Crippen LogP contribution in [0.25, 0.3) is 67.5 Å². The first-order valence-electron chi connectivity index (χ1n) is 21.8. The van der Waals surface area contributed by atoms with Gasteiger partial charge >= 0.3 is 7.12 Å². The number of anilines is 3. The van der Waals surface area contributed by atoms with E-state index < -0.39 is 18.3 Å². The topological polar surface area (TPSA) is 60.4 Å². The van der Waals surface area contributed by atoms with Crippen LogP contribution in [-0.2, 0) is 9.31 Å². The molecule has 1 fully saturated rings. The normalized spacial score (nSPS) is 14.0. The average molecular weight is 831 g/mol. The molecule has 0 radical (unpaired) electrons. The molecular weight excluding hydrogens is 783 g/mol. The Labute approximate surface area is 376 Å². The zero-order chi connectivity index (χ0) is 43.7. The third-order valence-corrected chi connectivity index (χ3v) is 12.4. The second kappa shape index (κ2) is 17.0. The predicted molar refractivity (Wildman–Crippen MR) is 263 cm³/mol. The zero-order valence-corrected chi connectivity index (χ0v) is 36.4. The fraction of sp³-hybridized carbons (Fsp3) is 0.105. The van der Waals surface area contributed by atoms with E-state index in [1.165, 1.54) is 22.3 Å². The molecule has 10 rings (SSSR count). The van der Waals surface area contributed by atoms with Gasteiger partial charge in [-0.15, -0.1) is 0 Å². The van der Waals surface area contributed by atoms with Crippen LogP contribution < -0.4 is 10.4 Å². The summed E-state index contributed by atoms with van der Waals surface area (Å²) in [7, 11) is -0.636. The maximum atomic E-state index is 6.68. The Hall–Kier alpha value is -7.45. The third-order valence-electron chi connectivity index (χ3n) is 12.4. The molecule has 1 aliphatic rings. The first kappa shape index (κ1) is 40.6. The molecule has 0 saturated carbocycles. The number of rotatable bonds is 10. The fourth-order valence-electron chi connectivity index (χ4n) is 8.15. The summed E-state index contributed by atoms with van der Waals surface area (Å²) in [5.74, 6) is 1.72. The van der Waals surface area contributed by atoms with E-state index in [1.807, 2.05) is 72.8 Å². The summed E-state index contributed by atoms with van der Waals surface area (Å²) in [6, 6.07) is 73.8. The lowest BCUT2D eigenvalue weighted by atomic mass is 9.75. The van der Waals surface area contributed by atoms with Gasteiger partial charge in [0.2, 0.25) is 0 Å². The van der Waals surface area contributed by atoms with Crippen molar-refractivity contribution in [3.8, 4) is 67.5 Å². The van der Waals surface area contributed by atoms with Gasteiger partial charge in [-0.05, 0) is 109 Å². The Morgan fingerprint density at radius 1 is 0.344 bits per heavy atom. The van der Waals surface area contributed by atoms with Crippen molar-refractivity contribution in [2.24, 2.45) is 0 Å². The summed E-state index contributed by atoms with van der Waals surface area (Å²) < 4.78 is 13.4. The van der Waals surface area contributed by atoms with Gasteiger partial charge in [0, 0.05) is 33.8 Å². The molecule has 8 aromatic carbocycles. The highest BCUT2D eigenvalue weighted by Crippen LogP contribution is 2.40. The van der Waals surface area contributed by atoms with Crippen LogP contribution >= 0.6 is 0 Å². The molecular formula is C57H47BN4O2. The Morgan fingerprint density at radius 2 is 0.656 bits per heavy atom. The second-order valence-electron chi connectivity index (χ2n) is 17.1. The molecule has 1 aliphatic heterocycles. The van der Waals surface area contributed by atoms with Crippen LogP contribution in [0.5, 0.6) is 0 Å². The molecule has 7 heteroatoms. The van der Waals surface area contributed by atoms with E-state index in [0.29, 0.717) is 17.5 Å². The van der Waals surface area contributed by atoms with E-state index in [1.54, 1.807) is 0 Å². The number of nitrogens with zero attached hydrogens (tertiary/aromatic N) is 4. The van der Waals surface area contributed by atoms with Gasteiger partial charge in [-0.1, -0.05) is 170 Å². The van der Waals surface area contributed by atoms with Crippen molar-refractivity contribution in [2.75, 3.05) is 4.90 Å². The van der Waals surface area contributed by atoms with Gasteiger partial charge in [0.1, 0.15) is 0 Å². The Morgan fingerprint density at radius 3 is 1.05 bits per heavy atom. The molecule has 0 N–H and O–H groups in total. The second-order valence-corrected chi connectivity index (χ2v) is 17.1. The van der Waals surface area contributed by atoms with Crippen LogP contribution in [0.3, 0.4) is 0 Å². The molecule has 64 heavy (non-hydrogen) atoms. The van der Waals surface area contributed by atoms with Crippen LogP contribution in [-0.4, -0.2) is 33.3 Å². The SMILES string of the molecule is CC1(C)OB(c2ccc(-c3ccc(N(c4ccc(-c5ccccc5)cc4)c4ccc(-c5ccccc5)cc4)cc3)cc2-c2nc(-c3ccccc3)nc(-c3ccccc3)n2)OC1(C)C. The van der Waals surface area contributed by atoms with Gasteiger partial charge in [0.25, 0.3) is 0 Å². The molecule has 0 atom stereocenters. The Balaban J connectivity index is 1.07. The summed E-state index contributed by atoms with van der Waals surface area (Å²) in [6.07, 6.45) is 0. The maximum Gasteiger partial charge on any atom is 0.495 e. The Kier molecular flexibility index (Phi) is 10.8. The van der Waals surface area contributed by atoms with E-state index in [2.05, 4.69) is 172 Å². The van der Waals surface area contributed by atoms with Crippen molar-refractivity contribution in [2.45, 2.75) is 38.9 Å². The molecule has 1 aromatic heterocycles. The maximum absolute atomic E-state index is 6.68. The lowest BCUT2D eigenvalue weighted by Gasteiger charge is -2.32. The standard InChI is InChI=1S/C57H47BN4O2/c1-56(2)57(3,4)64-58(63-56)52-38-31-47(39-51(52)55-60-53(45-21-13-7-14-22-45)59-54(61-55)46-23-15-8-16-24-46)44-29-36-50(37-30-44)62(48-32-25-42(26-33-48)40-17-9-5-10-18-40)49-34-27-43(28-35-49)41-19-11-6-12-20-41/h5-39H,1-4H3. The van der Waals surface area contributed by atoms with Gasteiger partial charge in [-0.25, -0.2) is 15.0 Å². The van der Waals surface area contributed by atoms with Crippen molar-refractivity contribution in [3.05, 3.63) is 212 Å². The highest BCUT2D eigenvalue weighted by molar-refractivity contribution is 6.63. The van der Waals surface area contributed by atoms with E-state index in [9.17, 15) is 0 Å². The summed E-state index contributed by atoms with van der Waals surface area (Å²) in [4.78, 5) is 17.6. The zero-order valence-electron chi connectivity index (χ0n) is 36.4. The van der Waals surface area contributed by atoms with Gasteiger partial charge in [-0.2, -0.15) is 0 Å². The van der Waals surface area contributed by atoms with E-state index in [-0.39, 0.29) is 0 Å². The van der Waals surface area contributed by atoms with E-state index in [0.717, 1.165) is 50.3 Å². The van der Waals surface area contributed by atoms with Crippen molar-refractivity contribution in [1.82, 2.24) is 15.0 Å². The highest BCUT2D eigenvalue weighted by atomic mass is 16.7. The molecule has 9 aromatic rings. The summed E-state index contributed by atoms with van der Waals surface area (Å²) in [5.41, 5.74) is 12.3. The third kappa shape index (κ3) is 8.15. The Bertz CT molecular complexity index is 2860. The van der Waals surface area contributed by atoms with Crippen molar-refractivity contribution < 1.29 is 9.31 Å². The van der Waals surface area contributed by atoms with Crippen LogP contribution in [0, 0.1) is 0 Å². The van der Waals surface area contributed by atoms with Gasteiger partial charge in [-0.3, -0.25) is 0 Å². The molecule has 6 nitrogen and oxygen atoms in total. The number of hydrogen-bond donors (Lipinski definition) is 0. The van der Waals surface area contributed by atoms with Gasteiger partial charge in [0.15, 0.2) is 17.5 Å². The lowest BCUT2D eigenvalue weighted by molar-refractivity contribution is 0.00578. The summed E-state index contributed by atoms with van der Waals surface area (Å²) in [6.45, 7) is 8.30. The van der Waals surface area contributed by atoms with Crippen molar-refractivity contribution >= 4 is 29.6 Å². The quantitative estimate of drug-likeness (QED) is 0.128. The molecule has 0 amide bonds. The smallest absolute Gasteiger partial charge is 0.399 e. The molecule has 2 heterocycles. The molecule has 0 bridgehead atoms. The van der Waals surface area contributed by atoms with Crippen molar-refractivity contribution in [3.63, 3.8) is 0 Å². The van der Waals surface area contributed by atoms with Crippen LogP contribution in [0.2, 0.25) is 0 Å². The number of aromatic nitrogens is 3. The summed E-state index contributed by atoms with van der Waals surface area (Å²) in [5, 5.41) is 0. The van der Waals surface area contributed by atoms with E-state index >= 15 is 0 Å². The fourth-order valence-corrected chi connectivity index (χ4v) is 8.15. The largest absolute Gasteiger partial charge is 0.495 e. The van der Waals surface area contributed by atoms with Crippen LogP contribution in [0.1, 0.15) is 27.7 Å². The van der Waals surface area contributed by atoms with Crippen LogP contribution in [0.15, 0.2) is 212 Å². The molecule has 310 valence electrons. The van der Waals surface area contributed by atoms with Gasteiger partial charge in [0.05, 0.1) is 11.2 Å². The van der Waals surface area contributed by atoms with Crippen molar-refractivity contribution in [1.29, 1.82) is 0 Å². The molecule has 0 spiro atoms. The first-order chi connectivity index (χ1) is 31.2. The highest BCUT2D eigenvalue weighted by Gasteiger charge is 2.52. The minimum Gasteiger partial charge on any atom is -0.399 e. The molecule has 1 saturated heterocycles. The van der Waals surface area contributed by atoms with Gasteiger partial charge < -0.3 is 14.2 Å². The first-order valence-corrected chi connectivity index (χ1v) is 21.8. The molecule has 0 unspecified atom stereocenters. The van der Waals surface area contributed by atoms with E-state index in [4.69, 9.17) is 24.3 Å². The number of hydrogen-bond acceptors (Lipinski definition) is 6. The predicted octanol–water partition coefficient (Wildman–Crippen LogP) is 13.6. The minimum absolute atomic E-state index is 0.539. The minimum atomic E-state index is -0.636.